The molecule has 0 fully saturated rings. The number of carbonyl (C=O) groups is 1. The van der Waals surface area contributed by atoms with E-state index < -0.39 is 17.6 Å². The molecule has 2 rings (SSSR count). The van der Waals surface area contributed by atoms with Crippen molar-refractivity contribution in [2.45, 2.75) is 6.18 Å². The fourth-order valence-corrected chi connectivity index (χ4v) is 1.93. The zero-order valence-electron chi connectivity index (χ0n) is 10.2. The van der Waals surface area contributed by atoms with Crippen molar-refractivity contribution in [3.05, 3.63) is 57.8 Å². The highest BCUT2D eigenvalue weighted by atomic mass is 35.5. The van der Waals surface area contributed by atoms with Gasteiger partial charge in [0, 0.05) is 11.8 Å². The Hall–Kier alpha value is -1.79. The number of hydrogen-bond acceptors (Lipinski definition) is 2. The first-order valence-electron chi connectivity index (χ1n) is 5.57. The monoisotopic (exact) mass is 334 g/mol. The highest BCUT2D eigenvalue weighted by Crippen LogP contribution is 2.33. The van der Waals surface area contributed by atoms with E-state index in [0.717, 1.165) is 18.2 Å². The molecule has 0 spiro atoms. The topological polar surface area (TPSA) is 42.0 Å². The van der Waals surface area contributed by atoms with Crippen LogP contribution in [-0.2, 0) is 6.18 Å². The lowest BCUT2D eigenvalue weighted by atomic mass is 10.2. The van der Waals surface area contributed by atoms with E-state index in [0.29, 0.717) is 0 Å². The number of alkyl halides is 3. The van der Waals surface area contributed by atoms with E-state index in [1.165, 1.54) is 18.3 Å². The normalized spacial score (nSPS) is 11.3. The molecule has 2 aromatic rings. The summed E-state index contributed by atoms with van der Waals surface area (Å²) in [5, 5.41) is 2.32. The summed E-state index contributed by atoms with van der Waals surface area (Å²) in [6.45, 7) is 0. The second-order valence-corrected chi connectivity index (χ2v) is 4.81. The summed E-state index contributed by atoms with van der Waals surface area (Å²) in [5.41, 5.74) is -0.606. The molecule has 1 amide bonds. The van der Waals surface area contributed by atoms with Gasteiger partial charge in [-0.3, -0.25) is 4.79 Å². The molecule has 0 saturated heterocycles. The molecular formula is C13H7Cl2F3N2O. The van der Waals surface area contributed by atoms with Crippen molar-refractivity contribution in [1.82, 2.24) is 4.98 Å². The number of benzene rings is 1. The minimum atomic E-state index is -4.50. The quantitative estimate of drug-likeness (QED) is 0.811. The van der Waals surface area contributed by atoms with E-state index in [2.05, 4.69) is 10.3 Å². The average Bonchev–Trinajstić information content (AvgIpc) is 2.39. The fourth-order valence-electron chi connectivity index (χ4n) is 1.53. The van der Waals surface area contributed by atoms with Crippen molar-refractivity contribution >= 4 is 34.8 Å². The molecule has 0 unspecified atom stereocenters. The first-order valence-corrected chi connectivity index (χ1v) is 6.32. The van der Waals surface area contributed by atoms with Gasteiger partial charge in [-0.15, -0.1) is 0 Å². The molecule has 1 aromatic carbocycles. The molecule has 0 bridgehead atoms. The molecule has 1 aromatic heterocycles. The van der Waals surface area contributed by atoms with E-state index in [1.807, 2.05) is 0 Å². The molecule has 0 atom stereocenters. The largest absolute Gasteiger partial charge is 0.416 e. The van der Waals surface area contributed by atoms with E-state index in [4.69, 9.17) is 23.2 Å². The number of amides is 1. The van der Waals surface area contributed by atoms with Crippen LogP contribution in [0.5, 0.6) is 0 Å². The van der Waals surface area contributed by atoms with Gasteiger partial charge in [0.1, 0.15) is 5.15 Å². The lowest BCUT2D eigenvalue weighted by Crippen LogP contribution is -2.13. The maximum atomic E-state index is 12.5. The summed E-state index contributed by atoms with van der Waals surface area (Å²) >= 11 is 11.4. The van der Waals surface area contributed by atoms with Gasteiger partial charge in [-0.25, -0.2) is 4.98 Å². The summed E-state index contributed by atoms with van der Waals surface area (Å²) < 4.78 is 37.5. The molecule has 3 nitrogen and oxygen atoms in total. The third-order valence-electron chi connectivity index (χ3n) is 2.53. The van der Waals surface area contributed by atoms with Gasteiger partial charge in [0.2, 0.25) is 0 Å². The summed E-state index contributed by atoms with van der Waals surface area (Å²) in [4.78, 5) is 15.6. The Morgan fingerprint density at radius 3 is 2.43 bits per heavy atom. The zero-order valence-corrected chi connectivity index (χ0v) is 11.7. The molecule has 0 saturated carbocycles. The fraction of sp³-hybridized carbons (Fsp3) is 0.0769. The van der Waals surface area contributed by atoms with Gasteiger partial charge < -0.3 is 5.32 Å². The molecule has 0 aliphatic heterocycles. The number of aromatic nitrogens is 1. The molecule has 8 heteroatoms. The van der Waals surface area contributed by atoms with E-state index in [1.54, 1.807) is 0 Å². The van der Waals surface area contributed by atoms with E-state index >= 15 is 0 Å². The maximum Gasteiger partial charge on any atom is 0.416 e. The number of nitrogens with zero attached hydrogens (tertiary/aromatic N) is 1. The molecule has 1 N–H and O–H groups in total. The van der Waals surface area contributed by atoms with Crippen LogP contribution in [-0.4, -0.2) is 10.9 Å². The molecular weight excluding hydrogens is 328 g/mol. The van der Waals surface area contributed by atoms with Gasteiger partial charge in [-0.2, -0.15) is 13.2 Å². The van der Waals surface area contributed by atoms with Crippen LogP contribution in [0.1, 0.15) is 15.9 Å². The lowest BCUT2D eigenvalue weighted by Gasteiger charge is -2.11. The molecule has 0 aliphatic rings. The van der Waals surface area contributed by atoms with Crippen molar-refractivity contribution in [2.24, 2.45) is 0 Å². The first-order chi connectivity index (χ1) is 9.77. The van der Waals surface area contributed by atoms with Crippen molar-refractivity contribution in [2.75, 3.05) is 5.32 Å². The molecule has 0 aliphatic carbocycles. The maximum absolute atomic E-state index is 12.5. The molecule has 0 radical (unpaired) electrons. The predicted molar refractivity (Wildman–Crippen MR) is 73.7 cm³/mol. The number of carbonyl (C=O) groups excluding carboxylic acids is 1. The van der Waals surface area contributed by atoms with Crippen LogP contribution >= 0.6 is 23.2 Å². The van der Waals surface area contributed by atoms with Gasteiger partial charge in [0.05, 0.1) is 16.3 Å². The van der Waals surface area contributed by atoms with Crippen molar-refractivity contribution < 1.29 is 18.0 Å². The predicted octanol–water partition coefficient (Wildman–Crippen LogP) is 4.66. The minimum Gasteiger partial charge on any atom is -0.321 e. The Balaban J connectivity index is 2.22. The molecule has 1 heterocycles. The van der Waals surface area contributed by atoms with E-state index in [-0.39, 0.29) is 21.4 Å². The second-order valence-electron chi connectivity index (χ2n) is 4.01. The van der Waals surface area contributed by atoms with Crippen molar-refractivity contribution in [3.63, 3.8) is 0 Å². The third kappa shape index (κ3) is 3.86. The van der Waals surface area contributed by atoms with Crippen molar-refractivity contribution in [1.29, 1.82) is 0 Å². The smallest absolute Gasteiger partial charge is 0.321 e. The first kappa shape index (κ1) is 15.6. The average molecular weight is 335 g/mol. The Labute approximate surface area is 127 Å². The van der Waals surface area contributed by atoms with Crippen LogP contribution in [0.2, 0.25) is 10.2 Å². The van der Waals surface area contributed by atoms with Crippen LogP contribution < -0.4 is 5.32 Å². The number of hydrogen-bond donors (Lipinski definition) is 1. The number of nitrogens with one attached hydrogen (secondary N) is 1. The second kappa shape index (κ2) is 5.91. The standard InChI is InChI=1S/C13H7Cl2F3N2O/c14-9-6-8(13(16,17)18)1-2-10(9)20-12(21)7-3-4-19-11(15)5-7/h1-6H,(H,20,21). The summed E-state index contributed by atoms with van der Waals surface area (Å²) in [6, 6.07) is 5.41. The summed E-state index contributed by atoms with van der Waals surface area (Å²) in [7, 11) is 0. The Morgan fingerprint density at radius 2 is 1.86 bits per heavy atom. The highest BCUT2D eigenvalue weighted by molar-refractivity contribution is 6.34. The highest BCUT2D eigenvalue weighted by Gasteiger charge is 2.31. The minimum absolute atomic E-state index is 0.0719. The third-order valence-corrected chi connectivity index (χ3v) is 3.05. The van der Waals surface area contributed by atoms with Crippen LogP contribution in [0.3, 0.4) is 0 Å². The summed E-state index contributed by atoms with van der Waals surface area (Å²) in [5.74, 6) is -0.555. The van der Waals surface area contributed by atoms with Crippen LogP contribution in [0.4, 0.5) is 18.9 Å². The molecule has 110 valence electrons. The lowest BCUT2D eigenvalue weighted by molar-refractivity contribution is -0.137. The van der Waals surface area contributed by atoms with Crippen LogP contribution in [0.25, 0.3) is 0 Å². The number of halogens is 5. The van der Waals surface area contributed by atoms with Gasteiger partial charge in [-0.05, 0) is 30.3 Å². The van der Waals surface area contributed by atoms with E-state index in [9.17, 15) is 18.0 Å². The molecule has 21 heavy (non-hydrogen) atoms. The van der Waals surface area contributed by atoms with Gasteiger partial charge in [-0.1, -0.05) is 23.2 Å². The van der Waals surface area contributed by atoms with Crippen LogP contribution in [0.15, 0.2) is 36.5 Å². The zero-order chi connectivity index (χ0) is 15.6. The Bertz CT molecular complexity index is 689. The number of anilines is 1. The van der Waals surface area contributed by atoms with Gasteiger partial charge in [0.25, 0.3) is 5.91 Å². The number of pyridine rings is 1. The van der Waals surface area contributed by atoms with Gasteiger partial charge >= 0.3 is 6.18 Å². The van der Waals surface area contributed by atoms with Gasteiger partial charge in [0.15, 0.2) is 0 Å². The Morgan fingerprint density at radius 1 is 1.14 bits per heavy atom. The summed E-state index contributed by atoms with van der Waals surface area (Å²) in [6.07, 6.45) is -3.16. The van der Waals surface area contributed by atoms with Crippen LogP contribution in [0, 0.1) is 0 Å². The van der Waals surface area contributed by atoms with Crippen molar-refractivity contribution in [3.8, 4) is 0 Å². The Kier molecular flexibility index (Phi) is 4.39. The number of rotatable bonds is 2. The SMILES string of the molecule is O=C(Nc1ccc(C(F)(F)F)cc1Cl)c1ccnc(Cl)c1.